The summed E-state index contributed by atoms with van der Waals surface area (Å²) in [6, 6.07) is 3.48. The molecule has 5 unspecified atom stereocenters. The number of benzene rings is 2. The molecule has 0 amide bonds. The molecule has 3 aromatic rings. The van der Waals surface area contributed by atoms with Gasteiger partial charge in [-0.2, -0.15) is 0 Å². The highest BCUT2D eigenvalue weighted by Crippen LogP contribution is 2.44. The van der Waals surface area contributed by atoms with E-state index >= 15 is 0 Å². The summed E-state index contributed by atoms with van der Waals surface area (Å²) in [5.74, 6) is -2.28. The van der Waals surface area contributed by atoms with Crippen LogP contribution in [-0.2, 0) is 4.74 Å². The van der Waals surface area contributed by atoms with E-state index in [1.54, 1.807) is 0 Å². The van der Waals surface area contributed by atoms with Gasteiger partial charge in [0.25, 0.3) is 0 Å². The van der Waals surface area contributed by atoms with E-state index in [9.17, 15) is 40.5 Å². The monoisotopic (exact) mass is 508 g/mol. The highest BCUT2D eigenvalue weighted by atomic mass is 16.7. The number of rotatable bonds is 6. The lowest BCUT2D eigenvalue weighted by Crippen LogP contribution is -2.60. The summed E-state index contributed by atoms with van der Waals surface area (Å²) in [5, 5.41) is 70.3. The molecule has 0 bridgehead atoms. The molecule has 0 radical (unpaired) electrons. The van der Waals surface area contributed by atoms with Crippen LogP contribution in [0, 0.1) is 0 Å². The van der Waals surface area contributed by atoms with Crippen molar-refractivity contribution in [3.63, 3.8) is 0 Å². The molecular formula is C23H24O13. The van der Waals surface area contributed by atoms with E-state index in [1.807, 2.05) is 0 Å². The Morgan fingerprint density at radius 1 is 0.917 bits per heavy atom. The van der Waals surface area contributed by atoms with Gasteiger partial charge in [-0.25, -0.2) is 0 Å². The number of hydrogen-bond donors (Lipinski definition) is 7. The molecule has 2 aromatic carbocycles. The first-order valence-corrected chi connectivity index (χ1v) is 10.6. The van der Waals surface area contributed by atoms with Crippen LogP contribution in [0.3, 0.4) is 0 Å². The minimum absolute atomic E-state index is 0.0770. The zero-order valence-electron chi connectivity index (χ0n) is 19.0. The second-order valence-electron chi connectivity index (χ2n) is 7.97. The van der Waals surface area contributed by atoms with Gasteiger partial charge in [0.2, 0.25) is 29.0 Å². The summed E-state index contributed by atoms with van der Waals surface area (Å²) >= 11 is 0. The van der Waals surface area contributed by atoms with Crippen molar-refractivity contribution < 1.29 is 59.1 Å². The molecule has 1 fully saturated rings. The Hall–Kier alpha value is -3.75. The predicted octanol–water partition coefficient (Wildman–Crippen LogP) is -0.227. The van der Waals surface area contributed by atoms with Gasteiger partial charge in [-0.15, -0.1) is 0 Å². The van der Waals surface area contributed by atoms with E-state index in [-0.39, 0.29) is 39.3 Å². The number of phenols is 3. The summed E-state index contributed by atoms with van der Waals surface area (Å²) in [4.78, 5) is 13.3. The Morgan fingerprint density at radius 2 is 1.56 bits per heavy atom. The average Bonchev–Trinajstić information content (AvgIpc) is 2.85. The van der Waals surface area contributed by atoms with Gasteiger partial charge in [0.05, 0.1) is 31.8 Å². The Labute approximate surface area is 202 Å². The standard InChI is InChI=1S/C23H24O13/c1-32-21-11(25)3-8(4-12(21)26)10-7-34-20-9(15(10)27)5-13(22(33-2)19(20)31)35-23-18(30)17(29)16(28)14(6-24)36-23/h3-5,7,14,16-18,23-26,28-31H,6H2,1-2H3. The molecule has 2 heterocycles. The highest BCUT2D eigenvalue weighted by molar-refractivity contribution is 5.90. The number of methoxy groups -OCH3 is 2. The molecule has 0 aliphatic carbocycles. The van der Waals surface area contributed by atoms with Crippen LogP contribution in [-0.4, -0.2) is 87.3 Å². The minimum Gasteiger partial charge on any atom is -0.504 e. The van der Waals surface area contributed by atoms with Crippen LogP contribution in [0.1, 0.15) is 0 Å². The van der Waals surface area contributed by atoms with Crippen LogP contribution < -0.4 is 19.6 Å². The van der Waals surface area contributed by atoms with Crippen molar-refractivity contribution >= 4 is 11.0 Å². The fraction of sp³-hybridized carbons (Fsp3) is 0.348. The zero-order valence-corrected chi connectivity index (χ0v) is 19.0. The number of aromatic hydroxyl groups is 3. The van der Waals surface area contributed by atoms with E-state index in [1.165, 1.54) is 26.4 Å². The van der Waals surface area contributed by atoms with Gasteiger partial charge in [-0.3, -0.25) is 4.79 Å². The lowest BCUT2D eigenvalue weighted by atomic mass is 9.99. The van der Waals surface area contributed by atoms with E-state index in [4.69, 9.17) is 23.4 Å². The lowest BCUT2D eigenvalue weighted by molar-refractivity contribution is -0.277. The number of phenolic OH excluding ortho intramolecular Hbond substituents is 3. The maximum atomic E-state index is 13.3. The van der Waals surface area contributed by atoms with Crippen LogP contribution >= 0.6 is 0 Å². The molecule has 13 nitrogen and oxygen atoms in total. The number of hydrogen-bond acceptors (Lipinski definition) is 13. The molecule has 1 saturated heterocycles. The molecule has 13 heteroatoms. The zero-order chi connectivity index (χ0) is 26.3. The predicted molar refractivity (Wildman–Crippen MR) is 120 cm³/mol. The molecule has 5 atom stereocenters. The molecule has 194 valence electrons. The number of aliphatic hydroxyl groups excluding tert-OH is 4. The maximum Gasteiger partial charge on any atom is 0.229 e. The van der Waals surface area contributed by atoms with Crippen LogP contribution in [0.25, 0.3) is 22.1 Å². The van der Waals surface area contributed by atoms with Crippen molar-refractivity contribution in [3.05, 3.63) is 34.7 Å². The fourth-order valence-electron chi connectivity index (χ4n) is 3.95. The van der Waals surface area contributed by atoms with E-state index in [2.05, 4.69) is 0 Å². The molecule has 0 saturated carbocycles. The Balaban J connectivity index is 1.82. The SMILES string of the molecule is COc1c(O)cc(-c2coc3c(O)c(OC)c(OC4OC(CO)C(O)C(O)C4O)cc3c2=O)cc1O. The van der Waals surface area contributed by atoms with Gasteiger partial charge >= 0.3 is 0 Å². The summed E-state index contributed by atoms with van der Waals surface area (Å²) in [5.41, 5.74) is -0.993. The second-order valence-corrected chi connectivity index (χ2v) is 7.97. The van der Waals surface area contributed by atoms with Gasteiger partial charge in [-0.05, 0) is 23.8 Å². The normalized spacial score (nSPS) is 24.0. The molecular weight excluding hydrogens is 484 g/mol. The third kappa shape index (κ3) is 4.12. The van der Waals surface area contributed by atoms with E-state index in [0.717, 1.165) is 12.3 Å². The van der Waals surface area contributed by atoms with Gasteiger partial charge in [0, 0.05) is 0 Å². The Bertz CT molecular complexity index is 1310. The van der Waals surface area contributed by atoms with E-state index < -0.39 is 60.0 Å². The summed E-state index contributed by atoms with van der Waals surface area (Å²) in [7, 11) is 2.43. The highest BCUT2D eigenvalue weighted by Gasteiger charge is 2.45. The fourth-order valence-corrected chi connectivity index (χ4v) is 3.95. The van der Waals surface area contributed by atoms with Crippen molar-refractivity contribution in [1.29, 1.82) is 0 Å². The molecule has 1 aliphatic rings. The van der Waals surface area contributed by atoms with Gasteiger partial charge in [0.15, 0.2) is 22.8 Å². The maximum absolute atomic E-state index is 13.3. The topological polar surface area (TPSA) is 209 Å². The Kier molecular flexibility index (Phi) is 6.84. The number of aliphatic hydroxyl groups is 4. The first-order valence-electron chi connectivity index (χ1n) is 10.6. The largest absolute Gasteiger partial charge is 0.504 e. The van der Waals surface area contributed by atoms with Crippen molar-refractivity contribution in [3.8, 4) is 45.6 Å². The summed E-state index contributed by atoms with van der Waals surface area (Å²) in [6.07, 6.45) is -6.99. The molecule has 36 heavy (non-hydrogen) atoms. The van der Waals surface area contributed by atoms with Crippen molar-refractivity contribution in [2.24, 2.45) is 0 Å². The lowest BCUT2D eigenvalue weighted by Gasteiger charge is -2.39. The summed E-state index contributed by atoms with van der Waals surface area (Å²) in [6.45, 7) is -0.695. The Morgan fingerprint density at radius 3 is 2.14 bits per heavy atom. The van der Waals surface area contributed by atoms with E-state index in [0.29, 0.717) is 0 Å². The third-order valence-electron chi connectivity index (χ3n) is 5.82. The van der Waals surface area contributed by atoms with Crippen molar-refractivity contribution in [2.45, 2.75) is 30.7 Å². The molecule has 4 rings (SSSR count). The molecule has 1 aromatic heterocycles. The smallest absolute Gasteiger partial charge is 0.229 e. The molecule has 7 N–H and O–H groups in total. The number of fused-ring (bicyclic) bond motifs is 1. The quantitative estimate of drug-likeness (QED) is 0.230. The van der Waals surface area contributed by atoms with Crippen LogP contribution in [0.15, 0.2) is 33.7 Å². The number of ether oxygens (including phenoxy) is 4. The van der Waals surface area contributed by atoms with Gasteiger partial charge < -0.3 is 59.1 Å². The summed E-state index contributed by atoms with van der Waals surface area (Å²) < 4.78 is 26.4. The van der Waals surface area contributed by atoms with Crippen molar-refractivity contribution in [1.82, 2.24) is 0 Å². The van der Waals surface area contributed by atoms with Crippen molar-refractivity contribution in [2.75, 3.05) is 20.8 Å². The second kappa shape index (κ2) is 9.72. The van der Waals surface area contributed by atoms with Gasteiger partial charge in [-0.1, -0.05) is 0 Å². The first-order chi connectivity index (χ1) is 17.1. The minimum atomic E-state index is -1.77. The van der Waals surface area contributed by atoms with Crippen LogP contribution in [0.5, 0.6) is 34.5 Å². The van der Waals surface area contributed by atoms with Crippen LogP contribution in [0.2, 0.25) is 0 Å². The third-order valence-corrected chi connectivity index (χ3v) is 5.82. The molecule has 0 spiro atoms. The molecule has 1 aliphatic heterocycles. The van der Waals surface area contributed by atoms with Crippen LogP contribution in [0.4, 0.5) is 0 Å². The first kappa shape index (κ1) is 25.3. The average molecular weight is 508 g/mol. The van der Waals surface area contributed by atoms with Gasteiger partial charge in [0.1, 0.15) is 30.7 Å².